The number of thioether (sulfide) groups is 1. The Hall–Kier alpha value is -1.49. The number of hydrogen-bond acceptors (Lipinski definition) is 4. The number of esters is 1. The van der Waals surface area contributed by atoms with Crippen molar-refractivity contribution in [2.45, 2.75) is 12.8 Å². The van der Waals surface area contributed by atoms with Gasteiger partial charge in [-0.1, -0.05) is 0 Å². The van der Waals surface area contributed by atoms with Crippen LogP contribution in [0.2, 0.25) is 0 Å². The van der Waals surface area contributed by atoms with E-state index in [0.717, 1.165) is 12.2 Å². The van der Waals surface area contributed by atoms with Crippen molar-refractivity contribution in [3.8, 4) is 0 Å². The molecular formula is C13H17NO3S. The van der Waals surface area contributed by atoms with Crippen molar-refractivity contribution < 1.29 is 14.3 Å². The minimum Gasteiger partial charge on any atom is -0.465 e. The van der Waals surface area contributed by atoms with Crippen molar-refractivity contribution in [2.24, 2.45) is 0 Å². The fourth-order valence-electron chi connectivity index (χ4n) is 1.41. The number of hydrogen-bond donors (Lipinski definition) is 1. The molecule has 0 atom stereocenters. The zero-order valence-corrected chi connectivity index (χ0v) is 11.4. The van der Waals surface area contributed by atoms with Gasteiger partial charge >= 0.3 is 5.97 Å². The third-order valence-electron chi connectivity index (χ3n) is 2.34. The van der Waals surface area contributed by atoms with E-state index >= 15 is 0 Å². The molecule has 98 valence electrons. The van der Waals surface area contributed by atoms with Gasteiger partial charge in [0.1, 0.15) is 0 Å². The number of amides is 1. The van der Waals surface area contributed by atoms with E-state index in [0.29, 0.717) is 17.7 Å². The van der Waals surface area contributed by atoms with Gasteiger partial charge in [-0.15, -0.1) is 0 Å². The molecule has 18 heavy (non-hydrogen) atoms. The topological polar surface area (TPSA) is 55.4 Å². The molecular weight excluding hydrogens is 250 g/mol. The molecule has 1 N–H and O–H groups in total. The Bertz CT molecular complexity index is 403. The Morgan fingerprint density at radius 2 is 1.94 bits per heavy atom. The standard InChI is InChI=1S/C13H17NO3S/c1-17-13(16)10-5-7-11(8-6-10)14-12(15)4-3-9-18-2/h5-8H,3-4,9H2,1-2H3,(H,14,15). The lowest BCUT2D eigenvalue weighted by molar-refractivity contribution is -0.116. The van der Waals surface area contributed by atoms with Crippen LogP contribution in [0.1, 0.15) is 23.2 Å². The molecule has 1 amide bonds. The van der Waals surface area contributed by atoms with Crippen molar-refractivity contribution in [3.63, 3.8) is 0 Å². The second-order valence-corrected chi connectivity index (χ2v) is 4.70. The molecule has 0 radical (unpaired) electrons. The number of methoxy groups -OCH3 is 1. The summed E-state index contributed by atoms with van der Waals surface area (Å²) in [5.41, 5.74) is 1.16. The van der Waals surface area contributed by atoms with E-state index in [2.05, 4.69) is 10.1 Å². The zero-order valence-electron chi connectivity index (χ0n) is 10.6. The smallest absolute Gasteiger partial charge is 0.337 e. The van der Waals surface area contributed by atoms with Crippen LogP contribution >= 0.6 is 11.8 Å². The fraction of sp³-hybridized carbons (Fsp3) is 0.385. The molecule has 0 saturated carbocycles. The first-order chi connectivity index (χ1) is 8.67. The molecule has 4 nitrogen and oxygen atoms in total. The third-order valence-corrected chi connectivity index (χ3v) is 3.04. The average Bonchev–Trinajstić information content (AvgIpc) is 2.39. The molecule has 5 heteroatoms. The van der Waals surface area contributed by atoms with E-state index in [1.807, 2.05) is 6.26 Å². The molecule has 0 fully saturated rings. The van der Waals surface area contributed by atoms with Gasteiger partial charge in [0.2, 0.25) is 5.91 Å². The summed E-state index contributed by atoms with van der Waals surface area (Å²) in [6, 6.07) is 6.64. The van der Waals surface area contributed by atoms with E-state index in [4.69, 9.17) is 0 Å². The van der Waals surface area contributed by atoms with Crippen LogP contribution in [0.5, 0.6) is 0 Å². The van der Waals surface area contributed by atoms with Crippen LogP contribution in [0.25, 0.3) is 0 Å². The average molecular weight is 267 g/mol. The first kappa shape index (κ1) is 14.6. The number of ether oxygens (including phenoxy) is 1. The number of carbonyl (C=O) groups excluding carboxylic acids is 2. The lowest BCUT2D eigenvalue weighted by Gasteiger charge is -2.05. The predicted octanol–water partition coefficient (Wildman–Crippen LogP) is 2.55. The maximum absolute atomic E-state index is 11.6. The van der Waals surface area contributed by atoms with E-state index in [1.54, 1.807) is 36.0 Å². The van der Waals surface area contributed by atoms with Gasteiger partial charge in [0.05, 0.1) is 12.7 Å². The van der Waals surface area contributed by atoms with Crippen molar-refractivity contribution >= 4 is 29.3 Å². The highest BCUT2D eigenvalue weighted by Gasteiger charge is 2.06. The van der Waals surface area contributed by atoms with Crippen LogP contribution in [0, 0.1) is 0 Å². The van der Waals surface area contributed by atoms with Gasteiger partial charge in [-0.05, 0) is 42.7 Å². The SMILES string of the molecule is COC(=O)c1ccc(NC(=O)CCCSC)cc1. The molecule has 1 rings (SSSR count). The molecule has 0 aromatic heterocycles. The van der Waals surface area contributed by atoms with Gasteiger partial charge in [-0.3, -0.25) is 4.79 Å². The molecule has 0 bridgehead atoms. The Labute approximate surface area is 111 Å². The zero-order chi connectivity index (χ0) is 13.4. The van der Waals surface area contributed by atoms with Gasteiger partial charge in [0.15, 0.2) is 0 Å². The number of rotatable bonds is 6. The number of carbonyl (C=O) groups is 2. The molecule has 1 aromatic carbocycles. The number of anilines is 1. The maximum Gasteiger partial charge on any atom is 0.337 e. The summed E-state index contributed by atoms with van der Waals surface area (Å²) in [5.74, 6) is 0.594. The summed E-state index contributed by atoms with van der Waals surface area (Å²) < 4.78 is 4.59. The molecule has 0 unspecified atom stereocenters. The number of benzene rings is 1. The highest BCUT2D eigenvalue weighted by molar-refractivity contribution is 7.98. The Balaban J connectivity index is 2.48. The van der Waals surface area contributed by atoms with Gasteiger partial charge in [0.25, 0.3) is 0 Å². The predicted molar refractivity (Wildman–Crippen MR) is 74.0 cm³/mol. The maximum atomic E-state index is 11.6. The molecule has 0 spiro atoms. The van der Waals surface area contributed by atoms with Crippen LogP contribution in [-0.4, -0.2) is 31.0 Å². The molecule has 0 saturated heterocycles. The van der Waals surface area contributed by atoms with Crippen molar-refractivity contribution in [2.75, 3.05) is 24.4 Å². The second-order valence-electron chi connectivity index (χ2n) is 3.71. The minimum atomic E-state index is -0.382. The fourth-order valence-corrected chi connectivity index (χ4v) is 1.84. The molecule has 1 aromatic rings. The van der Waals surface area contributed by atoms with Gasteiger partial charge in [0, 0.05) is 12.1 Å². The minimum absolute atomic E-state index is 0.00475. The Kier molecular flexibility index (Phi) is 6.28. The highest BCUT2D eigenvalue weighted by atomic mass is 32.2. The van der Waals surface area contributed by atoms with Crippen LogP contribution in [0.15, 0.2) is 24.3 Å². The van der Waals surface area contributed by atoms with E-state index in [1.165, 1.54) is 7.11 Å². The first-order valence-electron chi connectivity index (χ1n) is 5.64. The summed E-state index contributed by atoms with van der Waals surface area (Å²) in [7, 11) is 1.34. The molecule has 0 heterocycles. The van der Waals surface area contributed by atoms with Gasteiger partial charge in [-0.2, -0.15) is 11.8 Å². The lowest BCUT2D eigenvalue weighted by atomic mass is 10.2. The lowest BCUT2D eigenvalue weighted by Crippen LogP contribution is -2.11. The van der Waals surface area contributed by atoms with Crippen molar-refractivity contribution in [1.82, 2.24) is 0 Å². The summed E-state index contributed by atoms with van der Waals surface area (Å²) >= 11 is 1.73. The first-order valence-corrected chi connectivity index (χ1v) is 7.04. The summed E-state index contributed by atoms with van der Waals surface area (Å²) in [6.45, 7) is 0. The largest absolute Gasteiger partial charge is 0.465 e. The summed E-state index contributed by atoms with van der Waals surface area (Å²) in [5, 5.41) is 2.78. The highest BCUT2D eigenvalue weighted by Crippen LogP contribution is 2.11. The van der Waals surface area contributed by atoms with Crippen LogP contribution in [-0.2, 0) is 9.53 Å². The van der Waals surface area contributed by atoms with Crippen LogP contribution in [0.3, 0.4) is 0 Å². The quantitative estimate of drug-likeness (QED) is 0.635. The van der Waals surface area contributed by atoms with Gasteiger partial charge in [-0.25, -0.2) is 4.79 Å². The molecule has 0 aliphatic rings. The summed E-state index contributed by atoms with van der Waals surface area (Å²) in [4.78, 5) is 22.8. The van der Waals surface area contributed by atoms with Gasteiger partial charge < -0.3 is 10.1 Å². The number of nitrogens with one attached hydrogen (secondary N) is 1. The Morgan fingerprint density at radius 3 is 2.50 bits per heavy atom. The van der Waals surface area contributed by atoms with Crippen LogP contribution < -0.4 is 5.32 Å². The van der Waals surface area contributed by atoms with E-state index in [-0.39, 0.29) is 11.9 Å². The van der Waals surface area contributed by atoms with Crippen LogP contribution in [0.4, 0.5) is 5.69 Å². The third kappa shape index (κ3) is 4.79. The van der Waals surface area contributed by atoms with E-state index < -0.39 is 0 Å². The normalized spacial score (nSPS) is 9.89. The van der Waals surface area contributed by atoms with Crippen molar-refractivity contribution in [3.05, 3.63) is 29.8 Å². The molecule has 0 aliphatic heterocycles. The monoisotopic (exact) mass is 267 g/mol. The summed E-state index contributed by atoms with van der Waals surface area (Å²) in [6.07, 6.45) is 3.40. The van der Waals surface area contributed by atoms with Crippen molar-refractivity contribution in [1.29, 1.82) is 0 Å². The Morgan fingerprint density at radius 1 is 1.28 bits per heavy atom. The molecule has 0 aliphatic carbocycles. The van der Waals surface area contributed by atoms with E-state index in [9.17, 15) is 9.59 Å². The second kappa shape index (κ2) is 7.76.